The number of hydrogen-bond acceptors (Lipinski definition) is 2. The minimum atomic E-state index is -0.501. The predicted octanol–water partition coefficient (Wildman–Crippen LogP) is 5.64. The Hall–Kier alpha value is -2.29. The van der Waals surface area contributed by atoms with Crippen LogP contribution in [0.2, 0.25) is 0 Å². The summed E-state index contributed by atoms with van der Waals surface area (Å²) in [6.07, 6.45) is 8.94. The second kappa shape index (κ2) is 5.85. The molecule has 1 atom stereocenters. The number of carbonyl (C=O) groups excluding carboxylic acids is 1. The predicted molar refractivity (Wildman–Crippen MR) is 108 cm³/mol. The molecule has 1 aliphatic heterocycles. The maximum absolute atomic E-state index is 12.7. The van der Waals surface area contributed by atoms with Crippen LogP contribution in [0.4, 0.5) is 4.79 Å². The fourth-order valence-electron chi connectivity index (χ4n) is 7.54. The molecule has 3 heteroatoms. The van der Waals surface area contributed by atoms with Crippen molar-refractivity contribution in [1.82, 2.24) is 5.32 Å². The van der Waals surface area contributed by atoms with Gasteiger partial charge in [0, 0.05) is 5.56 Å². The van der Waals surface area contributed by atoms with Crippen LogP contribution < -0.4 is 10.1 Å². The van der Waals surface area contributed by atoms with Crippen LogP contribution in [0.3, 0.4) is 0 Å². The Labute approximate surface area is 166 Å². The smallest absolute Gasteiger partial charge is 0.410 e. The minimum absolute atomic E-state index is 0.327. The summed E-state index contributed by atoms with van der Waals surface area (Å²) in [6, 6.07) is 18.7. The molecule has 2 aromatic carbocycles. The first-order valence-corrected chi connectivity index (χ1v) is 10.8. The van der Waals surface area contributed by atoms with E-state index in [0.29, 0.717) is 11.2 Å². The monoisotopic (exact) mass is 373 g/mol. The quantitative estimate of drug-likeness (QED) is 0.756. The van der Waals surface area contributed by atoms with Gasteiger partial charge in [0.05, 0.1) is 5.54 Å². The van der Waals surface area contributed by atoms with Gasteiger partial charge in [-0.2, -0.15) is 0 Å². The lowest BCUT2D eigenvalue weighted by molar-refractivity contribution is -0.0687. The van der Waals surface area contributed by atoms with E-state index in [1.54, 1.807) is 0 Å². The van der Waals surface area contributed by atoms with Crippen molar-refractivity contribution >= 4 is 6.09 Å². The number of rotatable bonds is 3. The van der Waals surface area contributed by atoms with Gasteiger partial charge in [-0.3, -0.25) is 0 Å². The summed E-state index contributed by atoms with van der Waals surface area (Å²) < 4.78 is 5.58. The number of amides is 1. The molecule has 4 bridgehead atoms. The number of hydrogen-bond donors (Lipinski definition) is 1. The summed E-state index contributed by atoms with van der Waals surface area (Å²) in [4.78, 5) is 12.7. The van der Waals surface area contributed by atoms with Crippen LogP contribution in [-0.4, -0.2) is 6.09 Å². The maximum Gasteiger partial charge on any atom is 0.413 e. The Bertz CT molecular complexity index is 886. The normalized spacial score (nSPS) is 37.9. The van der Waals surface area contributed by atoms with Gasteiger partial charge in [-0.15, -0.1) is 0 Å². The summed E-state index contributed by atoms with van der Waals surface area (Å²) in [5.74, 6) is 3.39. The zero-order valence-electron chi connectivity index (χ0n) is 16.2. The highest BCUT2D eigenvalue weighted by molar-refractivity contribution is 5.76. The summed E-state index contributed by atoms with van der Waals surface area (Å²) in [6.45, 7) is 0. The van der Waals surface area contributed by atoms with Crippen LogP contribution in [0.25, 0.3) is 0 Å². The summed E-state index contributed by atoms with van der Waals surface area (Å²) in [7, 11) is 0. The van der Waals surface area contributed by atoms with E-state index in [1.807, 2.05) is 12.1 Å². The van der Waals surface area contributed by atoms with Gasteiger partial charge in [0.25, 0.3) is 0 Å². The van der Waals surface area contributed by atoms with Gasteiger partial charge in [-0.05, 0) is 79.7 Å². The molecular weight excluding hydrogens is 346 g/mol. The molecule has 1 N–H and O–H groups in total. The molecule has 144 valence electrons. The van der Waals surface area contributed by atoms with Crippen LogP contribution in [0.5, 0.6) is 5.75 Å². The van der Waals surface area contributed by atoms with E-state index in [1.165, 1.54) is 44.1 Å². The van der Waals surface area contributed by atoms with Crippen LogP contribution in [-0.2, 0) is 5.54 Å². The Morgan fingerprint density at radius 1 is 0.857 bits per heavy atom. The first-order chi connectivity index (χ1) is 13.6. The van der Waals surface area contributed by atoms with E-state index in [4.69, 9.17) is 4.74 Å². The van der Waals surface area contributed by atoms with Crippen molar-refractivity contribution < 1.29 is 9.53 Å². The molecule has 7 rings (SSSR count). The fourth-order valence-corrected chi connectivity index (χ4v) is 7.54. The molecule has 1 heterocycles. The van der Waals surface area contributed by atoms with Crippen LogP contribution in [0.15, 0.2) is 54.6 Å². The second-order valence-electron chi connectivity index (χ2n) is 9.88. The molecule has 2 aromatic rings. The molecule has 1 unspecified atom stereocenters. The Kier molecular flexibility index (Phi) is 3.48. The molecule has 4 fully saturated rings. The van der Waals surface area contributed by atoms with Crippen molar-refractivity contribution in [3.05, 3.63) is 65.7 Å². The lowest BCUT2D eigenvalue weighted by Gasteiger charge is -2.59. The SMILES string of the molecule is O=C1NC(CC23CC4CC(CC(C4)C2)C3)(c2ccccc2)c2ccccc2O1. The van der Waals surface area contributed by atoms with Gasteiger partial charge < -0.3 is 10.1 Å². The van der Waals surface area contributed by atoms with Gasteiger partial charge in [-0.1, -0.05) is 48.5 Å². The molecule has 0 radical (unpaired) electrons. The lowest BCUT2D eigenvalue weighted by Crippen LogP contribution is -2.56. The third kappa shape index (κ3) is 2.45. The molecular formula is C25H27NO2. The van der Waals surface area contributed by atoms with Crippen molar-refractivity contribution in [2.24, 2.45) is 23.2 Å². The van der Waals surface area contributed by atoms with Crippen molar-refractivity contribution in [3.8, 4) is 5.75 Å². The van der Waals surface area contributed by atoms with Crippen molar-refractivity contribution in [3.63, 3.8) is 0 Å². The molecule has 4 saturated carbocycles. The fraction of sp³-hybridized carbons (Fsp3) is 0.480. The highest BCUT2D eigenvalue weighted by Crippen LogP contribution is 2.64. The van der Waals surface area contributed by atoms with Crippen LogP contribution in [0.1, 0.15) is 56.1 Å². The van der Waals surface area contributed by atoms with E-state index in [0.717, 1.165) is 29.7 Å². The third-order valence-electron chi connectivity index (χ3n) is 7.94. The highest BCUT2D eigenvalue weighted by Gasteiger charge is 2.55. The third-order valence-corrected chi connectivity index (χ3v) is 7.94. The molecule has 28 heavy (non-hydrogen) atoms. The maximum atomic E-state index is 12.7. The lowest BCUT2D eigenvalue weighted by atomic mass is 9.47. The van der Waals surface area contributed by atoms with E-state index < -0.39 is 5.54 Å². The molecule has 4 aliphatic carbocycles. The van der Waals surface area contributed by atoms with Gasteiger partial charge in [-0.25, -0.2) is 4.79 Å². The molecule has 3 nitrogen and oxygen atoms in total. The number of fused-ring (bicyclic) bond motifs is 1. The van der Waals surface area contributed by atoms with Gasteiger partial charge in [0.1, 0.15) is 5.75 Å². The average Bonchev–Trinajstić information content (AvgIpc) is 2.67. The van der Waals surface area contributed by atoms with Gasteiger partial charge >= 0.3 is 6.09 Å². The average molecular weight is 373 g/mol. The summed E-state index contributed by atoms with van der Waals surface area (Å²) in [5.41, 5.74) is 2.12. The molecule has 5 aliphatic rings. The van der Waals surface area contributed by atoms with Crippen LogP contribution >= 0.6 is 0 Å². The number of nitrogens with one attached hydrogen (secondary N) is 1. The van der Waals surface area contributed by atoms with Crippen LogP contribution in [0, 0.1) is 23.2 Å². The number of benzene rings is 2. The van der Waals surface area contributed by atoms with Gasteiger partial charge in [0.2, 0.25) is 0 Å². The Morgan fingerprint density at radius 2 is 1.46 bits per heavy atom. The zero-order chi connectivity index (χ0) is 18.8. The number of para-hydroxylation sites is 1. The first-order valence-electron chi connectivity index (χ1n) is 10.8. The highest BCUT2D eigenvalue weighted by atomic mass is 16.6. The Morgan fingerprint density at radius 3 is 2.14 bits per heavy atom. The standard InChI is InChI=1S/C25H27NO2/c27-23-26-25(20-6-2-1-3-7-20,21-8-4-5-9-22(21)28-23)16-24-13-17-10-18(14-24)12-19(11-17)15-24/h1-9,17-19H,10-16H2,(H,26,27). The van der Waals surface area contributed by atoms with E-state index >= 15 is 0 Å². The zero-order valence-corrected chi connectivity index (χ0v) is 16.2. The molecule has 0 spiro atoms. The Balaban J connectivity index is 1.51. The molecule has 0 aromatic heterocycles. The molecule has 1 amide bonds. The number of ether oxygens (including phenoxy) is 1. The largest absolute Gasteiger partial charge is 0.413 e. The van der Waals surface area contributed by atoms with Crippen molar-refractivity contribution in [2.45, 2.75) is 50.5 Å². The molecule has 0 saturated heterocycles. The minimum Gasteiger partial charge on any atom is -0.410 e. The first kappa shape index (κ1) is 16.6. The van der Waals surface area contributed by atoms with E-state index in [-0.39, 0.29) is 6.09 Å². The van der Waals surface area contributed by atoms with Gasteiger partial charge in [0.15, 0.2) is 0 Å². The summed E-state index contributed by atoms with van der Waals surface area (Å²) in [5, 5.41) is 3.32. The topological polar surface area (TPSA) is 38.3 Å². The van der Waals surface area contributed by atoms with Crippen molar-refractivity contribution in [2.75, 3.05) is 0 Å². The van der Waals surface area contributed by atoms with Crippen molar-refractivity contribution in [1.29, 1.82) is 0 Å². The van der Waals surface area contributed by atoms with E-state index in [2.05, 4.69) is 47.8 Å². The summed E-state index contributed by atoms with van der Waals surface area (Å²) >= 11 is 0. The van der Waals surface area contributed by atoms with E-state index in [9.17, 15) is 4.79 Å². The second-order valence-corrected chi connectivity index (χ2v) is 9.88. The number of carbonyl (C=O) groups is 1.